The molecule has 1 aliphatic rings. The Hall–Kier alpha value is -1.51. The molecule has 1 aliphatic carbocycles. The Morgan fingerprint density at radius 1 is 1.28 bits per heavy atom. The maximum Gasteiger partial charge on any atom is 0.230 e. The predicted octanol–water partition coefficient (Wildman–Crippen LogP) is 3.44. The standard InChI is InChI=1S/C15H21NO2/c1-10-8-12(18-4)9-11(2)13(10)16-14(17)15(3)6-5-7-15/h8-9H,5-7H2,1-4H3,(H,16,17). The fourth-order valence-electron chi connectivity index (χ4n) is 2.44. The third-order valence-corrected chi connectivity index (χ3v) is 3.99. The fourth-order valence-corrected chi connectivity index (χ4v) is 2.44. The molecule has 2 rings (SSSR count). The van der Waals surface area contributed by atoms with Gasteiger partial charge in [0.1, 0.15) is 5.75 Å². The maximum atomic E-state index is 12.2. The first-order valence-electron chi connectivity index (χ1n) is 6.43. The first kappa shape index (κ1) is 12.9. The molecular weight excluding hydrogens is 226 g/mol. The van der Waals surface area contributed by atoms with Gasteiger partial charge in [0.2, 0.25) is 5.91 Å². The summed E-state index contributed by atoms with van der Waals surface area (Å²) in [5.41, 5.74) is 2.85. The Morgan fingerprint density at radius 2 is 1.83 bits per heavy atom. The molecule has 0 unspecified atom stereocenters. The third-order valence-electron chi connectivity index (χ3n) is 3.99. The van der Waals surface area contributed by atoms with Gasteiger partial charge in [-0.2, -0.15) is 0 Å². The molecule has 1 aromatic carbocycles. The van der Waals surface area contributed by atoms with Gasteiger partial charge in [0.05, 0.1) is 7.11 Å². The van der Waals surface area contributed by atoms with E-state index in [4.69, 9.17) is 4.74 Å². The Balaban J connectivity index is 2.21. The second-order valence-electron chi connectivity index (χ2n) is 5.50. The van der Waals surface area contributed by atoms with Crippen LogP contribution in [-0.2, 0) is 4.79 Å². The van der Waals surface area contributed by atoms with Gasteiger partial charge in [-0.25, -0.2) is 0 Å². The number of amides is 1. The van der Waals surface area contributed by atoms with E-state index < -0.39 is 0 Å². The van der Waals surface area contributed by atoms with Gasteiger partial charge < -0.3 is 10.1 Å². The molecule has 1 amide bonds. The van der Waals surface area contributed by atoms with Crippen molar-refractivity contribution in [2.75, 3.05) is 12.4 Å². The quantitative estimate of drug-likeness (QED) is 0.888. The van der Waals surface area contributed by atoms with Crippen molar-refractivity contribution in [1.29, 1.82) is 0 Å². The number of anilines is 1. The summed E-state index contributed by atoms with van der Waals surface area (Å²) in [4.78, 5) is 12.2. The van der Waals surface area contributed by atoms with Gasteiger partial charge in [-0.1, -0.05) is 13.3 Å². The van der Waals surface area contributed by atoms with Crippen molar-refractivity contribution < 1.29 is 9.53 Å². The molecule has 0 radical (unpaired) electrons. The van der Waals surface area contributed by atoms with Crippen LogP contribution in [0.15, 0.2) is 12.1 Å². The lowest BCUT2D eigenvalue weighted by Gasteiger charge is -2.36. The lowest BCUT2D eigenvalue weighted by Crippen LogP contribution is -2.39. The third kappa shape index (κ3) is 2.22. The molecule has 3 heteroatoms. The highest BCUT2D eigenvalue weighted by atomic mass is 16.5. The Labute approximate surface area is 109 Å². The van der Waals surface area contributed by atoms with Crippen LogP contribution in [0, 0.1) is 19.3 Å². The van der Waals surface area contributed by atoms with Crippen LogP contribution in [0.4, 0.5) is 5.69 Å². The zero-order valence-corrected chi connectivity index (χ0v) is 11.6. The zero-order chi connectivity index (χ0) is 13.3. The summed E-state index contributed by atoms with van der Waals surface area (Å²) < 4.78 is 5.22. The predicted molar refractivity (Wildman–Crippen MR) is 73.1 cm³/mol. The number of hydrogen-bond acceptors (Lipinski definition) is 2. The van der Waals surface area contributed by atoms with Crippen LogP contribution < -0.4 is 10.1 Å². The SMILES string of the molecule is COc1cc(C)c(NC(=O)C2(C)CCC2)c(C)c1. The van der Waals surface area contributed by atoms with Crippen LogP contribution in [0.1, 0.15) is 37.3 Å². The van der Waals surface area contributed by atoms with Crippen LogP contribution >= 0.6 is 0 Å². The Kier molecular flexibility index (Phi) is 3.33. The lowest BCUT2D eigenvalue weighted by molar-refractivity contribution is -0.128. The molecule has 0 aliphatic heterocycles. The molecule has 3 nitrogen and oxygen atoms in total. The summed E-state index contributed by atoms with van der Waals surface area (Å²) in [7, 11) is 1.65. The minimum absolute atomic E-state index is 0.144. The smallest absolute Gasteiger partial charge is 0.230 e. The number of aryl methyl sites for hydroxylation is 2. The summed E-state index contributed by atoms with van der Waals surface area (Å²) in [6.07, 6.45) is 3.14. The maximum absolute atomic E-state index is 12.2. The number of methoxy groups -OCH3 is 1. The highest BCUT2D eigenvalue weighted by molar-refractivity contribution is 5.97. The molecule has 0 heterocycles. The lowest BCUT2D eigenvalue weighted by atomic mass is 9.70. The summed E-state index contributed by atoms with van der Waals surface area (Å²) in [5.74, 6) is 0.975. The van der Waals surface area contributed by atoms with Crippen LogP contribution in [0.25, 0.3) is 0 Å². The minimum atomic E-state index is -0.168. The second kappa shape index (κ2) is 4.63. The van der Waals surface area contributed by atoms with E-state index in [9.17, 15) is 4.79 Å². The van der Waals surface area contributed by atoms with Gasteiger partial charge >= 0.3 is 0 Å². The van der Waals surface area contributed by atoms with Crippen molar-refractivity contribution in [2.45, 2.75) is 40.0 Å². The van der Waals surface area contributed by atoms with Gasteiger partial charge in [0.25, 0.3) is 0 Å². The van der Waals surface area contributed by atoms with Crippen molar-refractivity contribution in [2.24, 2.45) is 5.41 Å². The van der Waals surface area contributed by atoms with Crippen molar-refractivity contribution >= 4 is 11.6 Å². The molecule has 0 spiro atoms. The van der Waals surface area contributed by atoms with E-state index >= 15 is 0 Å². The number of benzene rings is 1. The number of rotatable bonds is 3. The molecule has 0 atom stereocenters. The monoisotopic (exact) mass is 247 g/mol. The minimum Gasteiger partial charge on any atom is -0.497 e. The average molecular weight is 247 g/mol. The molecule has 0 aromatic heterocycles. The van der Waals surface area contributed by atoms with E-state index in [-0.39, 0.29) is 11.3 Å². The summed E-state index contributed by atoms with van der Waals surface area (Å²) in [5, 5.41) is 3.08. The number of carbonyl (C=O) groups excluding carboxylic acids is 1. The normalized spacial score (nSPS) is 16.9. The summed E-state index contributed by atoms with van der Waals surface area (Å²) >= 11 is 0. The first-order chi connectivity index (χ1) is 8.46. The van der Waals surface area contributed by atoms with E-state index in [1.165, 1.54) is 0 Å². The molecular formula is C15H21NO2. The highest BCUT2D eigenvalue weighted by Gasteiger charge is 2.39. The Morgan fingerprint density at radius 3 is 2.22 bits per heavy atom. The van der Waals surface area contributed by atoms with Gasteiger partial charge in [-0.15, -0.1) is 0 Å². The van der Waals surface area contributed by atoms with E-state index in [0.29, 0.717) is 0 Å². The molecule has 98 valence electrons. The zero-order valence-electron chi connectivity index (χ0n) is 11.6. The average Bonchev–Trinajstić information content (AvgIpc) is 2.30. The van der Waals surface area contributed by atoms with Crippen molar-refractivity contribution in [3.05, 3.63) is 23.3 Å². The molecule has 18 heavy (non-hydrogen) atoms. The topological polar surface area (TPSA) is 38.3 Å². The van der Waals surface area contributed by atoms with Crippen LogP contribution in [0.2, 0.25) is 0 Å². The number of ether oxygens (including phenoxy) is 1. The number of hydrogen-bond donors (Lipinski definition) is 1. The largest absolute Gasteiger partial charge is 0.497 e. The molecule has 0 bridgehead atoms. The van der Waals surface area contributed by atoms with Gasteiger partial charge in [-0.05, 0) is 49.9 Å². The van der Waals surface area contributed by atoms with E-state index in [0.717, 1.165) is 41.8 Å². The molecule has 1 saturated carbocycles. The van der Waals surface area contributed by atoms with E-state index in [2.05, 4.69) is 5.32 Å². The second-order valence-corrected chi connectivity index (χ2v) is 5.50. The van der Waals surface area contributed by atoms with Crippen LogP contribution in [0.5, 0.6) is 5.75 Å². The highest BCUT2D eigenvalue weighted by Crippen LogP contribution is 2.41. The number of nitrogens with one attached hydrogen (secondary N) is 1. The van der Waals surface area contributed by atoms with E-state index in [1.807, 2.05) is 32.9 Å². The van der Waals surface area contributed by atoms with Crippen molar-refractivity contribution in [3.63, 3.8) is 0 Å². The van der Waals surface area contributed by atoms with Crippen molar-refractivity contribution in [3.8, 4) is 5.75 Å². The molecule has 0 saturated heterocycles. The van der Waals surface area contributed by atoms with E-state index in [1.54, 1.807) is 7.11 Å². The fraction of sp³-hybridized carbons (Fsp3) is 0.533. The van der Waals surface area contributed by atoms with Crippen molar-refractivity contribution in [1.82, 2.24) is 0 Å². The molecule has 1 N–H and O–H groups in total. The van der Waals surface area contributed by atoms with Gasteiger partial charge in [0, 0.05) is 11.1 Å². The van der Waals surface area contributed by atoms with Crippen LogP contribution in [0.3, 0.4) is 0 Å². The van der Waals surface area contributed by atoms with Gasteiger partial charge in [0.15, 0.2) is 0 Å². The molecule has 1 aromatic rings. The summed E-state index contributed by atoms with van der Waals surface area (Å²) in [6.45, 7) is 6.03. The van der Waals surface area contributed by atoms with Gasteiger partial charge in [-0.3, -0.25) is 4.79 Å². The number of carbonyl (C=O) groups is 1. The summed E-state index contributed by atoms with van der Waals surface area (Å²) in [6, 6.07) is 3.90. The first-order valence-corrected chi connectivity index (χ1v) is 6.43. The molecule has 1 fully saturated rings. The van der Waals surface area contributed by atoms with Crippen LogP contribution in [-0.4, -0.2) is 13.0 Å². The Bertz CT molecular complexity index is 452.